The van der Waals surface area contributed by atoms with Crippen LogP contribution in [-0.4, -0.2) is 42.8 Å². The molecule has 1 heterocycles. The van der Waals surface area contributed by atoms with E-state index in [4.69, 9.17) is 14.6 Å². The maximum Gasteiger partial charge on any atom is 0.309 e. The van der Waals surface area contributed by atoms with Gasteiger partial charge in [0.15, 0.2) is 17.3 Å². The van der Waals surface area contributed by atoms with Crippen LogP contribution in [0, 0.1) is 5.92 Å². The molecule has 1 saturated heterocycles. The molecule has 1 fully saturated rings. The fourth-order valence-corrected chi connectivity index (χ4v) is 2.12. The second-order valence-electron chi connectivity index (χ2n) is 6.41. The summed E-state index contributed by atoms with van der Waals surface area (Å²) in [6.07, 6.45) is 5.99. The molecule has 0 aromatic heterocycles. The Morgan fingerprint density at radius 2 is 1.97 bits per heavy atom. The number of aliphatic hydroxyl groups is 1. The average Bonchev–Trinajstić information content (AvgIpc) is 3.12. The first-order chi connectivity index (χ1) is 14.2. The minimum absolute atomic E-state index is 0.0386. The summed E-state index contributed by atoms with van der Waals surface area (Å²) in [6, 6.07) is 5.12. The lowest BCUT2D eigenvalue weighted by Crippen LogP contribution is -2.10. The summed E-state index contributed by atoms with van der Waals surface area (Å²) in [7, 11) is 3.02. The molecule has 2 N–H and O–H groups in total. The lowest BCUT2D eigenvalue weighted by molar-refractivity contribution is -0.141. The predicted octanol–water partition coefficient (Wildman–Crippen LogP) is 4.27. The third-order valence-corrected chi connectivity index (χ3v) is 4.05. The largest absolute Gasteiger partial charge is 0.513 e. The number of esters is 1. The quantitative estimate of drug-likeness (QED) is 0.307. The molecule has 7 nitrogen and oxygen atoms in total. The van der Waals surface area contributed by atoms with Crippen molar-refractivity contribution < 1.29 is 34.0 Å². The second-order valence-corrected chi connectivity index (χ2v) is 6.41. The van der Waals surface area contributed by atoms with Gasteiger partial charge in [0.1, 0.15) is 0 Å². The standard InChI is InChI=1S/C12H14O4.C7H10O2.C4H8O/c1-15-11-7-8(2-3-10(11)13)6-9-4-5-16-12(9)14;1-6(7(2)8)4-5-9-3;1-3-4(2)5/h2-3,7,9,13H,4-6H2,1H3;4-5H,1H2,2-3H3;3,5H,1-2H3/b;5-4+;4-3+. The first kappa shape index (κ1) is 26.8. The molecule has 1 atom stereocenters. The molecular formula is C23H32O7. The Morgan fingerprint density at radius 1 is 1.33 bits per heavy atom. The number of rotatable bonds is 6. The molecule has 7 heteroatoms. The summed E-state index contributed by atoms with van der Waals surface area (Å²) >= 11 is 0. The van der Waals surface area contributed by atoms with E-state index in [1.807, 2.05) is 0 Å². The van der Waals surface area contributed by atoms with Gasteiger partial charge in [-0.25, -0.2) is 0 Å². The van der Waals surface area contributed by atoms with E-state index < -0.39 is 0 Å². The van der Waals surface area contributed by atoms with E-state index in [9.17, 15) is 14.7 Å². The van der Waals surface area contributed by atoms with E-state index in [0.29, 0.717) is 30.1 Å². The van der Waals surface area contributed by atoms with Crippen molar-refractivity contribution in [3.8, 4) is 11.5 Å². The zero-order valence-corrected chi connectivity index (χ0v) is 18.3. The fourth-order valence-electron chi connectivity index (χ4n) is 2.12. The molecule has 1 aromatic rings. The molecule has 0 bridgehead atoms. The molecule has 0 spiro atoms. The Morgan fingerprint density at radius 3 is 2.40 bits per heavy atom. The van der Waals surface area contributed by atoms with E-state index >= 15 is 0 Å². The summed E-state index contributed by atoms with van der Waals surface area (Å²) in [5.74, 6) is 0.693. The highest BCUT2D eigenvalue weighted by Gasteiger charge is 2.26. The number of ketones is 1. The number of phenolic OH excluding ortho intramolecular Hbond substituents is 1. The lowest BCUT2D eigenvalue weighted by Gasteiger charge is -2.08. The van der Waals surface area contributed by atoms with Crippen LogP contribution in [0.2, 0.25) is 0 Å². The predicted molar refractivity (Wildman–Crippen MR) is 115 cm³/mol. The smallest absolute Gasteiger partial charge is 0.309 e. The van der Waals surface area contributed by atoms with Crippen LogP contribution in [-0.2, 0) is 25.5 Å². The van der Waals surface area contributed by atoms with E-state index in [-0.39, 0.29) is 23.4 Å². The van der Waals surface area contributed by atoms with Gasteiger partial charge < -0.3 is 24.4 Å². The van der Waals surface area contributed by atoms with Gasteiger partial charge in [-0.3, -0.25) is 9.59 Å². The monoisotopic (exact) mass is 420 g/mol. The number of benzene rings is 1. The molecule has 0 radical (unpaired) electrons. The number of carbonyl (C=O) groups excluding carboxylic acids is 2. The average molecular weight is 421 g/mol. The zero-order valence-electron chi connectivity index (χ0n) is 18.3. The molecule has 1 unspecified atom stereocenters. The van der Waals surface area contributed by atoms with E-state index in [2.05, 4.69) is 11.3 Å². The number of aromatic hydroxyl groups is 1. The molecule has 0 amide bonds. The minimum atomic E-state index is -0.132. The molecule has 1 aromatic carbocycles. The topological polar surface area (TPSA) is 102 Å². The van der Waals surface area contributed by atoms with Crippen molar-refractivity contribution in [2.45, 2.75) is 33.6 Å². The number of Topliss-reactive ketones (excluding diaryl/α,β-unsaturated/α-hetero) is 1. The summed E-state index contributed by atoms with van der Waals surface area (Å²) in [5, 5.41) is 17.7. The number of methoxy groups -OCH3 is 2. The summed E-state index contributed by atoms with van der Waals surface area (Å²) in [6.45, 7) is 8.87. The highest BCUT2D eigenvalue weighted by molar-refractivity contribution is 5.95. The van der Waals surface area contributed by atoms with Crippen molar-refractivity contribution in [2.24, 2.45) is 5.92 Å². The van der Waals surface area contributed by atoms with E-state index in [1.54, 1.807) is 38.1 Å². The van der Waals surface area contributed by atoms with Crippen molar-refractivity contribution in [3.63, 3.8) is 0 Å². The Bertz CT molecular complexity index is 759. The second kappa shape index (κ2) is 14.7. The first-order valence-electron chi connectivity index (χ1n) is 9.39. The van der Waals surface area contributed by atoms with Crippen LogP contribution in [0.5, 0.6) is 11.5 Å². The normalized spacial score (nSPS) is 15.3. The minimum Gasteiger partial charge on any atom is -0.513 e. The van der Waals surface area contributed by atoms with Crippen molar-refractivity contribution in [1.82, 2.24) is 0 Å². The van der Waals surface area contributed by atoms with Gasteiger partial charge in [0.25, 0.3) is 0 Å². The molecule has 1 aliphatic heterocycles. The van der Waals surface area contributed by atoms with E-state index in [1.165, 1.54) is 33.5 Å². The van der Waals surface area contributed by atoms with Crippen LogP contribution in [0.15, 0.2) is 54.5 Å². The van der Waals surface area contributed by atoms with Gasteiger partial charge in [0.2, 0.25) is 0 Å². The molecule has 2 rings (SSSR count). The molecular weight excluding hydrogens is 388 g/mol. The van der Waals surface area contributed by atoms with Crippen molar-refractivity contribution in [3.05, 3.63) is 60.1 Å². The zero-order chi connectivity index (χ0) is 23.1. The van der Waals surface area contributed by atoms with Gasteiger partial charge in [-0.2, -0.15) is 0 Å². The number of hydrogen-bond donors (Lipinski definition) is 2. The SMILES string of the molecule is C/C=C(\C)O.C=C(/C=C/OC)C(C)=O.COc1cc(CC2CCOC2=O)ccc1O. The number of cyclic esters (lactones) is 1. The van der Waals surface area contributed by atoms with Gasteiger partial charge in [-0.05, 0) is 57.4 Å². The number of hydrogen-bond acceptors (Lipinski definition) is 7. The van der Waals surface area contributed by atoms with Gasteiger partial charge >= 0.3 is 5.97 Å². The maximum atomic E-state index is 11.3. The summed E-state index contributed by atoms with van der Waals surface area (Å²) in [5.41, 5.74) is 1.43. The molecule has 0 aliphatic carbocycles. The van der Waals surface area contributed by atoms with Crippen LogP contribution >= 0.6 is 0 Å². The van der Waals surface area contributed by atoms with Crippen molar-refractivity contribution in [1.29, 1.82) is 0 Å². The lowest BCUT2D eigenvalue weighted by atomic mass is 9.98. The third kappa shape index (κ3) is 10.9. The van der Waals surface area contributed by atoms with Crippen LogP contribution in [0.25, 0.3) is 0 Å². The summed E-state index contributed by atoms with van der Waals surface area (Å²) in [4.78, 5) is 21.7. The number of carbonyl (C=O) groups is 2. The first-order valence-corrected chi connectivity index (χ1v) is 9.39. The molecule has 30 heavy (non-hydrogen) atoms. The molecule has 166 valence electrons. The van der Waals surface area contributed by atoms with Crippen molar-refractivity contribution >= 4 is 11.8 Å². The Balaban J connectivity index is 0.000000509. The Hall–Kier alpha value is -3.22. The van der Waals surface area contributed by atoms with E-state index in [0.717, 1.165) is 12.0 Å². The van der Waals surface area contributed by atoms with Gasteiger partial charge in [-0.1, -0.05) is 18.7 Å². The fraction of sp³-hybridized carbons (Fsp3) is 0.391. The third-order valence-electron chi connectivity index (χ3n) is 4.05. The van der Waals surface area contributed by atoms with Crippen molar-refractivity contribution in [2.75, 3.05) is 20.8 Å². The molecule has 1 aliphatic rings. The van der Waals surface area contributed by atoms with Gasteiger partial charge in [-0.15, -0.1) is 0 Å². The van der Waals surface area contributed by atoms with Crippen LogP contribution in [0.1, 0.15) is 32.8 Å². The van der Waals surface area contributed by atoms with Gasteiger partial charge in [0, 0.05) is 5.57 Å². The van der Waals surface area contributed by atoms with Crippen LogP contribution < -0.4 is 4.74 Å². The van der Waals surface area contributed by atoms with Crippen LogP contribution in [0.4, 0.5) is 0 Å². The highest BCUT2D eigenvalue weighted by atomic mass is 16.5. The number of ether oxygens (including phenoxy) is 3. The summed E-state index contributed by atoms with van der Waals surface area (Å²) < 4.78 is 14.5. The Kier molecular flexibility index (Phi) is 13.2. The van der Waals surface area contributed by atoms with Gasteiger partial charge in [0.05, 0.1) is 38.8 Å². The Labute approximate surface area is 178 Å². The number of allylic oxidation sites excluding steroid dienone is 4. The number of aliphatic hydroxyl groups excluding tert-OH is 1. The molecule has 0 saturated carbocycles. The number of phenols is 1. The highest BCUT2D eigenvalue weighted by Crippen LogP contribution is 2.28. The maximum absolute atomic E-state index is 11.3. The van der Waals surface area contributed by atoms with Crippen LogP contribution in [0.3, 0.4) is 0 Å².